The van der Waals surface area contributed by atoms with Gasteiger partial charge in [0, 0.05) is 24.1 Å². The van der Waals surface area contributed by atoms with Gasteiger partial charge in [-0.2, -0.15) is 0 Å². The first-order valence-electron chi connectivity index (χ1n) is 9.26. The molecule has 150 valence electrons. The predicted octanol–water partition coefficient (Wildman–Crippen LogP) is 4.30. The number of amides is 2. The van der Waals surface area contributed by atoms with Crippen molar-refractivity contribution in [2.24, 2.45) is 0 Å². The minimum atomic E-state index is -0.274. The maximum atomic E-state index is 12.1. The SMILES string of the molecule is Cc1cccc(NC(=O)CNC(=O)CCc2ncc(-c3ccccc3Cl)o2)c1C. The van der Waals surface area contributed by atoms with Gasteiger partial charge in [0.1, 0.15) is 0 Å². The van der Waals surface area contributed by atoms with Crippen LogP contribution in [-0.4, -0.2) is 23.3 Å². The first-order valence-corrected chi connectivity index (χ1v) is 9.64. The van der Waals surface area contributed by atoms with Crippen molar-refractivity contribution in [3.05, 3.63) is 70.7 Å². The summed E-state index contributed by atoms with van der Waals surface area (Å²) >= 11 is 6.15. The van der Waals surface area contributed by atoms with Crippen molar-refractivity contribution < 1.29 is 14.0 Å². The van der Waals surface area contributed by atoms with Crippen LogP contribution >= 0.6 is 11.6 Å². The molecular formula is C22H22ClN3O3. The lowest BCUT2D eigenvalue weighted by Crippen LogP contribution is -2.33. The summed E-state index contributed by atoms with van der Waals surface area (Å²) in [6.45, 7) is 3.83. The standard InChI is InChI=1S/C22H22ClN3O3/c1-14-6-5-9-18(15(14)2)26-21(28)13-24-20(27)10-11-22-25-12-19(29-22)16-7-3-4-8-17(16)23/h3-9,12H,10-11,13H2,1-2H3,(H,24,27)(H,26,28). The van der Waals surface area contributed by atoms with Crippen LogP contribution in [0.4, 0.5) is 5.69 Å². The molecule has 0 saturated carbocycles. The zero-order valence-electron chi connectivity index (χ0n) is 16.3. The van der Waals surface area contributed by atoms with Crippen LogP contribution in [0.5, 0.6) is 0 Å². The van der Waals surface area contributed by atoms with E-state index in [9.17, 15) is 9.59 Å². The van der Waals surface area contributed by atoms with Gasteiger partial charge in [-0.3, -0.25) is 9.59 Å². The Kier molecular flexibility index (Phi) is 6.67. The van der Waals surface area contributed by atoms with Gasteiger partial charge in [-0.25, -0.2) is 4.98 Å². The minimum Gasteiger partial charge on any atom is -0.441 e. The average molecular weight is 412 g/mol. The number of aryl methyl sites for hydroxylation is 2. The second-order valence-corrected chi connectivity index (χ2v) is 7.08. The van der Waals surface area contributed by atoms with Gasteiger partial charge in [0.05, 0.1) is 17.8 Å². The molecule has 2 aromatic carbocycles. The van der Waals surface area contributed by atoms with Crippen molar-refractivity contribution in [1.82, 2.24) is 10.3 Å². The summed E-state index contributed by atoms with van der Waals surface area (Å²) in [5.74, 6) is 0.469. The molecule has 0 aliphatic carbocycles. The van der Waals surface area contributed by atoms with Crippen LogP contribution in [0, 0.1) is 13.8 Å². The second kappa shape index (κ2) is 9.39. The molecular weight excluding hydrogens is 390 g/mol. The molecule has 0 aliphatic rings. The summed E-state index contributed by atoms with van der Waals surface area (Å²) in [7, 11) is 0. The van der Waals surface area contributed by atoms with E-state index >= 15 is 0 Å². The maximum Gasteiger partial charge on any atom is 0.243 e. The van der Waals surface area contributed by atoms with E-state index in [2.05, 4.69) is 15.6 Å². The van der Waals surface area contributed by atoms with Gasteiger partial charge in [0.2, 0.25) is 11.8 Å². The number of rotatable bonds is 7. The molecule has 29 heavy (non-hydrogen) atoms. The number of oxazole rings is 1. The summed E-state index contributed by atoms with van der Waals surface area (Å²) in [5.41, 5.74) is 3.59. The lowest BCUT2D eigenvalue weighted by molar-refractivity contribution is -0.124. The molecule has 0 radical (unpaired) electrons. The molecule has 0 aliphatic heterocycles. The number of nitrogens with zero attached hydrogens (tertiary/aromatic N) is 1. The van der Waals surface area contributed by atoms with Crippen molar-refractivity contribution in [1.29, 1.82) is 0 Å². The highest BCUT2D eigenvalue weighted by molar-refractivity contribution is 6.33. The Hall–Kier alpha value is -3.12. The second-order valence-electron chi connectivity index (χ2n) is 6.67. The van der Waals surface area contributed by atoms with Gasteiger partial charge in [0.15, 0.2) is 11.7 Å². The number of nitrogens with one attached hydrogen (secondary N) is 2. The number of anilines is 1. The van der Waals surface area contributed by atoms with Crippen LogP contribution in [0.2, 0.25) is 5.02 Å². The Morgan fingerprint density at radius 2 is 1.86 bits per heavy atom. The van der Waals surface area contributed by atoms with Gasteiger partial charge in [-0.05, 0) is 43.2 Å². The predicted molar refractivity (Wildman–Crippen MR) is 113 cm³/mol. The van der Waals surface area contributed by atoms with E-state index in [4.69, 9.17) is 16.0 Å². The van der Waals surface area contributed by atoms with Crippen molar-refractivity contribution in [2.75, 3.05) is 11.9 Å². The number of hydrogen-bond acceptors (Lipinski definition) is 4. The topological polar surface area (TPSA) is 84.2 Å². The molecule has 3 rings (SSSR count). The monoisotopic (exact) mass is 411 g/mol. The molecule has 0 bridgehead atoms. The lowest BCUT2D eigenvalue weighted by atomic mass is 10.1. The number of carbonyl (C=O) groups is 2. The van der Waals surface area contributed by atoms with Gasteiger partial charge in [0.25, 0.3) is 0 Å². The Morgan fingerprint density at radius 1 is 1.07 bits per heavy atom. The molecule has 0 atom stereocenters. The molecule has 3 aromatic rings. The molecule has 0 spiro atoms. The van der Waals surface area contributed by atoms with Crippen molar-refractivity contribution in [3.8, 4) is 11.3 Å². The maximum absolute atomic E-state index is 12.1. The number of benzene rings is 2. The van der Waals surface area contributed by atoms with Gasteiger partial charge in [-0.15, -0.1) is 0 Å². The molecule has 1 heterocycles. The van der Waals surface area contributed by atoms with Crippen molar-refractivity contribution in [3.63, 3.8) is 0 Å². The van der Waals surface area contributed by atoms with E-state index in [1.165, 1.54) is 0 Å². The zero-order chi connectivity index (χ0) is 20.8. The number of hydrogen-bond donors (Lipinski definition) is 2. The highest BCUT2D eigenvalue weighted by Crippen LogP contribution is 2.28. The molecule has 7 heteroatoms. The first kappa shape index (κ1) is 20.6. The lowest BCUT2D eigenvalue weighted by Gasteiger charge is -2.10. The van der Waals surface area contributed by atoms with E-state index < -0.39 is 0 Å². The Bertz CT molecular complexity index is 1030. The average Bonchev–Trinajstić information content (AvgIpc) is 3.17. The Labute approximate surface area is 174 Å². The van der Waals surface area contributed by atoms with E-state index in [-0.39, 0.29) is 24.8 Å². The third kappa shape index (κ3) is 5.45. The van der Waals surface area contributed by atoms with Gasteiger partial charge < -0.3 is 15.1 Å². The molecule has 2 N–H and O–H groups in total. The molecule has 0 saturated heterocycles. The van der Waals surface area contributed by atoms with Crippen LogP contribution < -0.4 is 10.6 Å². The summed E-state index contributed by atoms with van der Waals surface area (Å²) in [6, 6.07) is 13.0. The molecule has 2 amide bonds. The molecule has 6 nitrogen and oxygen atoms in total. The summed E-state index contributed by atoms with van der Waals surface area (Å²) in [5, 5.41) is 6.00. The van der Waals surface area contributed by atoms with Crippen molar-refractivity contribution >= 4 is 29.1 Å². The highest BCUT2D eigenvalue weighted by Gasteiger charge is 2.12. The van der Waals surface area contributed by atoms with Gasteiger partial charge in [-0.1, -0.05) is 35.9 Å². The smallest absolute Gasteiger partial charge is 0.243 e. The van der Waals surface area contributed by atoms with E-state index in [1.54, 1.807) is 12.3 Å². The van der Waals surface area contributed by atoms with Crippen LogP contribution in [-0.2, 0) is 16.0 Å². The zero-order valence-corrected chi connectivity index (χ0v) is 17.0. The molecule has 0 unspecified atom stereocenters. The minimum absolute atomic E-state index is 0.0946. The largest absolute Gasteiger partial charge is 0.441 e. The van der Waals surface area contributed by atoms with Crippen LogP contribution in [0.15, 0.2) is 53.1 Å². The quantitative estimate of drug-likeness (QED) is 0.607. The molecule has 0 fully saturated rings. The number of aromatic nitrogens is 1. The third-order valence-corrected chi connectivity index (χ3v) is 4.91. The summed E-state index contributed by atoms with van der Waals surface area (Å²) in [6.07, 6.45) is 2.08. The van der Waals surface area contributed by atoms with Crippen molar-refractivity contribution in [2.45, 2.75) is 26.7 Å². The normalized spacial score (nSPS) is 10.6. The van der Waals surface area contributed by atoms with Crippen LogP contribution in [0.1, 0.15) is 23.4 Å². The number of carbonyl (C=O) groups excluding carboxylic acids is 2. The van der Waals surface area contributed by atoms with Crippen LogP contribution in [0.25, 0.3) is 11.3 Å². The van der Waals surface area contributed by atoms with Crippen LogP contribution in [0.3, 0.4) is 0 Å². The molecule has 1 aromatic heterocycles. The third-order valence-electron chi connectivity index (χ3n) is 4.58. The fourth-order valence-electron chi connectivity index (χ4n) is 2.78. The Balaban J connectivity index is 1.46. The Morgan fingerprint density at radius 3 is 2.66 bits per heavy atom. The first-order chi connectivity index (χ1) is 13.9. The number of halogens is 1. The van der Waals surface area contributed by atoms with E-state index in [0.29, 0.717) is 23.1 Å². The summed E-state index contributed by atoms with van der Waals surface area (Å²) in [4.78, 5) is 28.3. The van der Waals surface area contributed by atoms with E-state index in [1.807, 2.05) is 50.2 Å². The fraction of sp³-hybridized carbons (Fsp3) is 0.227. The van der Waals surface area contributed by atoms with Gasteiger partial charge >= 0.3 is 0 Å². The van der Waals surface area contributed by atoms with E-state index in [0.717, 1.165) is 22.4 Å². The highest BCUT2D eigenvalue weighted by atomic mass is 35.5. The summed E-state index contributed by atoms with van der Waals surface area (Å²) < 4.78 is 5.68. The fourth-order valence-corrected chi connectivity index (χ4v) is 3.01.